The summed E-state index contributed by atoms with van der Waals surface area (Å²) >= 11 is 3.08. The lowest BCUT2D eigenvalue weighted by molar-refractivity contribution is 0.619. The number of benzene rings is 1. The lowest BCUT2D eigenvalue weighted by Crippen LogP contribution is -1.82. The van der Waals surface area contributed by atoms with Gasteiger partial charge in [-0.05, 0) is 40.0 Å². The zero-order valence-corrected chi connectivity index (χ0v) is 7.28. The molecule has 0 spiro atoms. The minimum absolute atomic E-state index is 0.181. The third-order valence-corrected chi connectivity index (χ3v) is 2.04. The Balaban J connectivity index is 3.04. The molecule has 1 rings (SSSR count). The second-order valence-electron chi connectivity index (χ2n) is 2.10. The van der Waals surface area contributed by atoms with Crippen molar-refractivity contribution in [1.82, 2.24) is 0 Å². The van der Waals surface area contributed by atoms with Crippen LogP contribution in [0.2, 0.25) is 0 Å². The Morgan fingerprint density at radius 1 is 1.50 bits per heavy atom. The van der Waals surface area contributed by atoms with Crippen molar-refractivity contribution in [1.29, 1.82) is 0 Å². The predicted molar refractivity (Wildman–Crippen MR) is 43.5 cm³/mol. The van der Waals surface area contributed by atoms with Crippen molar-refractivity contribution in [3.63, 3.8) is 0 Å². The van der Waals surface area contributed by atoms with E-state index in [1.54, 1.807) is 12.1 Å². The highest BCUT2D eigenvalue weighted by Crippen LogP contribution is 2.16. The molecule has 0 N–H and O–H groups in total. The van der Waals surface area contributed by atoms with Gasteiger partial charge in [-0.3, -0.25) is 0 Å². The Hall–Kier alpha value is -0.370. The standard InChI is InChI=1S/C8H8BrF/c1-2-6-3-4-7(9)8(10)5-6/h3-5H,2H2,1H3. The molecule has 1 aromatic rings. The lowest BCUT2D eigenvalue weighted by atomic mass is 10.2. The molecular weight excluding hydrogens is 195 g/mol. The van der Waals surface area contributed by atoms with Gasteiger partial charge in [-0.25, -0.2) is 4.39 Å². The number of hydrogen-bond donors (Lipinski definition) is 0. The van der Waals surface area contributed by atoms with Gasteiger partial charge in [0.1, 0.15) is 5.82 Å². The fraction of sp³-hybridized carbons (Fsp3) is 0.250. The highest BCUT2D eigenvalue weighted by atomic mass is 79.9. The minimum atomic E-state index is -0.181. The van der Waals surface area contributed by atoms with Crippen LogP contribution < -0.4 is 0 Å². The molecule has 0 nitrogen and oxygen atoms in total. The first-order chi connectivity index (χ1) is 4.74. The van der Waals surface area contributed by atoms with Crippen LogP contribution in [0.3, 0.4) is 0 Å². The molecule has 0 amide bonds. The summed E-state index contributed by atoms with van der Waals surface area (Å²) in [4.78, 5) is 0. The van der Waals surface area contributed by atoms with E-state index < -0.39 is 0 Å². The largest absolute Gasteiger partial charge is 0.206 e. The van der Waals surface area contributed by atoms with E-state index in [0.717, 1.165) is 12.0 Å². The van der Waals surface area contributed by atoms with Gasteiger partial charge in [-0.1, -0.05) is 13.0 Å². The van der Waals surface area contributed by atoms with Crippen molar-refractivity contribution in [2.24, 2.45) is 0 Å². The maximum atomic E-state index is 12.7. The smallest absolute Gasteiger partial charge is 0.137 e. The van der Waals surface area contributed by atoms with Crippen molar-refractivity contribution < 1.29 is 4.39 Å². The summed E-state index contributed by atoms with van der Waals surface area (Å²) in [5.41, 5.74) is 1.03. The third-order valence-electron chi connectivity index (χ3n) is 1.39. The summed E-state index contributed by atoms with van der Waals surface area (Å²) < 4.78 is 13.3. The maximum absolute atomic E-state index is 12.7. The van der Waals surface area contributed by atoms with E-state index in [0.29, 0.717) is 4.47 Å². The van der Waals surface area contributed by atoms with Crippen molar-refractivity contribution in [3.05, 3.63) is 34.1 Å². The molecule has 0 aromatic heterocycles. The molecule has 1 aromatic carbocycles. The maximum Gasteiger partial charge on any atom is 0.137 e. The summed E-state index contributed by atoms with van der Waals surface area (Å²) in [6.45, 7) is 2.00. The molecule has 0 bridgehead atoms. The van der Waals surface area contributed by atoms with Crippen LogP contribution >= 0.6 is 15.9 Å². The Bertz CT molecular complexity index is 233. The van der Waals surface area contributed by atoms with E-state index in [2.05, 4.69) is 15.9 Å². The van der Waals surface area contributed by atoms with Gasteiger partial charge in [0, 0.05) is 0 Å². The zero-order valence-electron chi connectivity index (χ0n) is 5.70. The van der Waals surface area contributed by atoms with Crippen molar-refractivity contribution in [2.75, 3.05) is 0 Å². The Morgan fingerprint density at radius 2 is 2.20 bits per heavy atom. The number of halogens is 2. The highest BCUT2D eigenvalue weighted by molar-refractivity contribution is 9.10. The molecule has 54 valence electrons. The molecule has 0 saturated carbocycles. The first kappa shape index (κ1) is 7.73. The fourth-order valence-electron chi connectivity index (χ4n) is 0.760. The third kappa shape index (κ3) is 1.57. The molecule has 0 aliphatic rings. The van der Waals surface area contributed by atoms with Gasteiger partial charge in [0.15, 0.2) is 0 Å². The van der Waals surface area contributed by atoms with Gasteiger partial charge in [0.2, 0.25) is 0 Å². The Morgan fingerprint density at radius 3 is 2.70 bits per heavy atom. The SMILES string of the molecule is CCc1ccc(Br)c(F)c1. The molecule has 0 atom stereocenters. The molecule has 0 heterocycles. The van der Waals surface area contributed by atoms with Crippen LogP contribution in [-0.4, -0.2) is 0 Å². The average Bonchev–Trinajstić information content (AvgIpc) is 1.95. The van der Waals surface area contributed by atoms with Crippen LogP contribution in [0.4, 0.5) is 4.39 Å². The van der Waals surface area contributed by atoms with Crippen LogP contribution in [0.5, 0.6) is 0 Å². The van der Waals surface area contributed by atoms with E-state index in [-0.39, 0.29) is 5.82 Å². The lowest BCUT2D eigenvalue weighted by Gasteiger charge is -1.96. The van der Waals surface area contributed by atoms with Crippen LogP contribution in [0.25, 0.3) is 0 Å². The summed E-state index contributed by atoms with van der Waals surface area (Å²) in [5, 5.41) is 0. The molecule has 10 heavy (non-hydrogen) atoms. The topological polar surface area (TPSA) is 0 Å². The van der Waals surface area contributed by atoms with E-state index in [1.165, 1.54) is 0 Å². The zero-order chi connectivity index (χ0) is 7.56. The van der Waals surface area contributed by atoms with Gasteiger partial charge < -0.3 is 0 Å². The van der Waals surface area contributed by atoms with Gasteiger partial charge in [0.25, 0.3) is 0 Å². The van der Waals surface area contributed by atoms with Gasteiger partial charge in [-0.2, -0.15) is 0 Å². The molecule has 0 unspecified atom stereocenters. The molecule has 0 aliphatic carbocycles. The normalized spacial score (nSPS) is 9.90. The Labute approximate surface area is 68.2 Å². The van der Waals surface area contributed by atoms with Crippen LogP contribution in [0, 0.1) is 5.82 Å². The monoisotopic (exact) mass is 202 g/mol. The molecule has 2 heteroatoms. The first-order valence-corrected chi connectivity index (χ1v) is 3.97. The van der Waals surface area contributed by atoms with Crippen molar-refractivity contribution in [2.45, 2.75) is 13.3 Å². The van der Waals surface area contributed by atoms with Crippen LogP contribution in [0.1, 0.15) is 12.5 Å². The fourth-order valence-corrected chi connectivity index (χ4v) is 1.01. The molecule has 0 fully saturated rings. The second-order valence-corrected chi connectivity index (χ2v) is 2.96. The summed E-state index contributed by atoms with van der Waals surface area (Å²) in [5.74, 6) is -0.181. The summed E-state index contributed by atoms with van der Waals surface area (Å²) in [7, 11) is 0. The van der Waals surface area contributed by atoms with Crippen molar-refractivity contribution >= 4 is 15.9 Å². The van der Waals surface area contributed by atoms with Crippen LogP contribution in [-0.2, 0) is 6.42 Å². The van der Waals surface area contributed by atoms with E-state index >= 15 is 0 Å². The summed E-state index contributed by atoms with van der Waals surface area (Å²) in [6, 6.07) is 5.19. The van der Waals surface area contributed by atoms with Gasteiger partial charge >= 0.3 is 0 Å². The van der Waals surface area contributed by atoms with Gasteiger partial charge in [0.05, 0.1) is 4.47 Å². The molecular formula is C8H8BrF. The Kier molecular flexibility index (Phi) is 2.44. The molecule has 0 saturated heterocycles. The molecule has 0 radical (unpaired) electrons. The number of aryl methyl sites for hydroxylation is 1. The highest BCUT2D eigenvalue weighted by Gasteiger charge is 1.97. The van der Waals surface area contributed by atoms with E-state index in [4.69, 9.17) is 0 Å². The van der Waals surface area contributed by atoms with Crippen molar-refractivity contribution in [3.8, 4) is 0 Å². The number of rotatable bonds is 1. The number of hydrogen-bond acceptors (Lipinski definition) is 0. The second kappa shape index (κ2) is 3.15. The van der Waals surface area contributed by atoms with E-state index in [9.17, 15) is 4.39 Å². The van der Waals surface area contributed by atoms with Crippen LogP contribution in [0.15, 0.2) is 22.7 Å². The average molecular weight is 203 g/mol. The van der Waals surface area contributed by atoms with Gasteiger partial charge in [-0.15, -0.1) is 0 Å². The van der Waals surface area contributed by atoms with E-state index in [1.807, 2.05) is 13.0 Å². The minimum Gasteiger partial charge on any atom is -0.206 e. The summed E-state index contributed by atoms with van der Waals surface area (Å²) in [6.07, 6.45) is 0.879. The predicted octanol–water partition coefficient (Wildman–Crippen LogP) is 3.15. The molecule has 0 aliphatic heterocycles. The quantitative estimate of drug-likeness (QED) is 0.657. The first-order valence-electron chi connectivity index (χ1n) is 3.18.